The van der Waals surface area contributed by atoms with Crippen molar-refractivity contribution < 1.29 is 23.1 Å². The number of nitrogens with one attached hydrogen (secondary N) is 1. The van der Waals surface area contributed by atoms with Gasteiger partial charge in [-0.2, -0.15) is 13.2 Å². The summed E-state index contributed by atoms with van der Waals surface area (Å²) in [7, 11) is 0. The highest BCUT2D eigenvalue weighted by atomic mass is 19.4. The van der Waals surface area contributed by atoms with E-state index in [0.29, 0.717) is 12.1 Å². The summed E-state index contributed by atoms with van der Waals surface area (Å²) in [6, 6.07) is 3.61. The second kappa shape index (κ2) is 7.14. The topological polar surface area (TPSA) is 67.2 Å². The molecule has 2 aliphatic rings. The van der Waals surface area contributed by atoms with E-state index in [2.05, 4.69) is 10.3 Å². The van der Waals surface area contributed by atoms with Crippen molar-refractivity contribution in [1.29, 1.82) is 0 Å². The lowest BCUT2D eigenvalue weighted by atomic mass is 9.87. The lowest BCUT2D eigenvalue weighted by Crippen LogP contribution is -2.35. The van der Waals surface area contributed by atoms with Crippen molar-refractivity contribution in [3.63, 3.8) is 0 Å². The molecule has 0 bridgehead atoms. The first-order valence-corrected chi connectivity index (χ1v) is 9.56. The summed E-state index contributed by atoms with van der Waals surface area (Å²) in [5.41, 5.74) is 3.52. The van der Waals surface area contributed by atoms with Gasteiger partial charge in [0, 0.05) is 42.9 Å². The van der Waals surface area contributed by atoms with Gasteiger partial charge >= 0.3 is 6.18 Å². The van der Waals surface area contributed by atoms with Crippen molar-refractivity contribution in [2.45, 2.75) is 57.8 Å². The number of carbonyl (C=O) groups is 1. The van der Waals surface area contributed by atoms with Gasteiger partial charge in [-0.05, 0) is 49.3 Å². The van der Waals surface area contributed by atoms with Crippen LogP contribution in [0.5, 0.6) is 5.75 Å². The van der Waals surface area contributed by atoms with Crippen LogP contribution in [0.15, 0.2) is 18.3 Å². The monoisotopic (exact) mass is 393 g/mol. The quantitative estimate of drug-likeness (QED) is 0.840. The van der Waals surface area contributed by atoms with Crippen LogP contribution >= 0.6 is 0 Å². The molecule has 1 aliphatic heterocycles. The maximum atomic E-state index is 13.0. The van der Waals surface area contributed by atoms with Crippen LogP contribution in [0.4, 0.5) is 13.2 Å². The highest BCUT2D eigenvalue weighted by Gasteiger charge is 2.39. The zero-order valence-corrected chi connectivity index (χ0v) is 15.4. The van der Waals surface area contributed by atoms with Gasteiger partial charge in [-0.15, -0.1) is 0 Å². The summed E-state index contributed by atoms with van der Waals surface area (Å²) < 4.78 is 40.0. The Morgan fingerprint density at radius 2 is 2.07 bits per heavy atom. The number of phenolic OH excluding ortho intramolecular Hbond substituents is 1. The smallest absolute Gasteiger partial charge is 0.449 e. The maximum Gasteiger partial charge on any atom is 0.449 e. The molecule has 0 radical (unpaired) electrons. The number of benzene rings is 1. The number of hydrogen-bond acceptors (Lipinski definition) is 3. The average molecular weight is 393 g/mol. The highest BCUT2D eigenvalue weighted by Crippen LogP contribution is 2.33. The molecule has 150 valence electrons. The number of aromatic nitrogens is 2. The number of halogens is 3. The van der Waals surface area contributed by atoms with E-state index >= 15 is 0 Å². The van der Waals surface area contributed by atoms with Gasteiger partial charge in [-0.25, -0.2) is 4.98 Å². The summed E-state index contributed by atoms with van der Waals surface area (Å²) in [6.45, 7) is 0.353. The van der Waals surface area contributed by atoms with Crippen LogP contribution in [-0.4, -0.2) is 20.6 Å². The van der Waals surface area contributed by atoms with Crippen LogP contribution in [-0.2, 0) is 43.3 Å². The van der Waals surface area contributed by atoms with Crippen molar-refractivity contribution in [2.75, 3.05) is 0 Å². The normalized spacial score (nSPS) is 19.0. The van der Waals surface area contributed by atoms with E-state index < -0.39 is 17.9 Å². The summed E-state index contributed by atoms with van der Waals surface area (Å²) in [4.78, 5) is 16.1. The van der Waals surface area contributed by atoms with E-state index in [0.717, 1.165) is 41.4 Å². The molecule has 0 saturated heterocycles. The number of carbonyl (C=O) groups excluding carboxylic acids is 1. The third-order valence-corrected chi connectivity index (χ3v) is 5.79. The van der Waals surface area contributed by atoms with Gasteiger partial charge in [0.05, 0.1) is 0 Å². The van der Waals surface area contributed by atoms with Crippen LogP contribution in [0, 0.1) is 5.92 Å². The summed E-state index contributed by atoms with van der Waals surface area (Å²) in [5.74, 6) is -1.32. The van der Waals surface area contributed by atoms with Gasteiger partial charge in [0.2, 0.25) is 11.7 Å². The second-order valence-electron chi connectivity index (χ2n) is 7.54. The lowest BCUT2D eigenvalue weighted by molar-refractivity contribution is -0.147. The van der Waals surface area contributed by atoms with Crippen LogP contribution in [0.1, 0.15) is 47.5 Å². The van der Waals surface area contributed by atoms with Crippen molar-refractivity contribution in [3.8, 4) is 5.75 Å². The Hall–Kier alpha value is -2.51. The molecule has 1 atom stereocenters. The molecule has 1 aromatic carbocycles. The van der Waals surface area contributed by atoms with E-state index in [-0.39, 0.29) is 31.2 Å². The molecule has 0 unspecified atom stereocenters. The van der Waals surface area contributed by atoms with Gasteiger partial charge in [-0.1, -0.05) is 6.07 Å². The Morgan fingerprint density at radius 3 is 2.86 bits per heavy atom. The lowest BCUT2D eigenvalue weighted by Gasteiger charge is -2.25. The van der Waals surface area contributed by atoms with Crippen LogP contribution in [0.2, 0.25) is 0 Å². The first-order chi connectivity index (χ1) is 13.3. The summed E-state index contributed by atoms with van der Waals surface area (Å²) in [6.07, 6.45) is 1.33. The van der Waals surface area contributed by atoms with Gasteiger partial charge < -0.3 is 15.0 Å². The molecule has 8 heteroatoms. The Bertz CT molecular complexity index is 905. The number of fused-ring (bicyclic) bond motifs is 2. The third-order valence-electron chi connectivity index (χ3n) is 5.79. The van der Waals surface area contributed by atoms with Crippen molar-refractivity contribution in [1.82, 2.24) is 14.9 Å². The SMILES string of the molecule is O=C(NCc1c(O)ccc2c1CCCC2)[C@H]1CCn2c(cnc2C(F)(F)F)C1. The number of phenols is 1. The largest absolute Gasteiger partial charge is 0.508 e. The number of nitrogens with zero attached hydrogens (tertiary/aromatic N) is 2. The van der Waals surface area contributed by atoms with E-state index in [1.807, 2.05) is 6.07 Å². The molecule has 2 N–H and O–H groups in total. The van der Waals surface area contributed by atoms with Gasteiger partial charge in [0.1, 0.15) is 5.75 Å². The Balaban J connectivity index is 1.44. The van der Waals surface area contributed by atoms with E-state index in [9.17, 15) is 23.1 Å². The highest BCUT2D eigenvalue weighted by molar-refractivity contribution is 5.79. The minimum absolute atomic E-state index is 0.119. The molecular weight excluding hydrogens is 371 g/mol. The fourth-order valence-electron chi connectivity index (χ4n) is 4.32. The standard InChI is InChI=1S/C20H22F3N3O2/c21-20(22,23)19-25-10-14-9-13(7-8-26(14)19)18(28)24-11-16-15-4-2-1-3-12(15)5-6-17(16)27/h5-6,10,13,27H,1-4,7-9,11H2,(H,24,28)/t13-/m0/s1. The van der Waals surface area contributed by atoms with Crippen molar-refractivity contribution in [3.05, 3.63) is 46.5 Å². The average Bonchev–Trinajstić information content (AvgIpc) is 3.10. The minimum atomic E-state index is -4.49. The van der Waals surface area contributed by atoms with E-state index in [1.165, 1.54) is 11.8 Å². The number of alkyl halides is 3. The van der Waals surface area contributed by atoms with E-state index in [1.54, 1.807) is 6.07 Å². The number of amides is 1. The zero-order valence-electron chi connectivity index (χ0n) is 15.4. The maximum absolute atomic E-state index is 13.0. The van der Waals surface area contributed by atoms with Crippen molar-refractivity contribution in [2.24, 2.45) is 5.92 Å². The van der Waals surface area contributed by atoms with Gasteiger partial charge in [0.15, 0.2) is 0 Å². The molecule has 1 aliphatic carbocycles. The molecule has 0 saturated carbocycles. The van der Waals surface area contributed by atoms with Crippen LogP contribution in [0.3, 0.4) is 0 Å². The van der Waals surface area contributed by atoms with E-state index in [4.69, 9.17) is 0 Å². The van der Waals surface area contributed by atoms with Crippen LogP contribution in [0.25, 0.3) is 0 Å². The molecule has 28 heavy (non-hydrogen) atoms. The molecule has 1 amide bonds. The van der Waals surface area contributed by atoms with Crippen molar-refractivity contribution >= 4 is 5.91 Å². The fourth-order valence-corrected chi connectivity index (χ4v) is 4.32. The molecule has 0 spiro atoms. The fraction of sp³-hybridized carbons (Fsp3) is 0.500. The molecule has 2 heterocycles. The predicted octanol–water partition coefficient (Wildman–Crippen LogP) is 3.37. The molecule has 0 fully saturated rings. The predicted molar refractivity (Wildman–Crippen MR) is 95.6 cm³/mol. The molecule has 4 rings (SSSR count). The third kappa shape index (κ3) is 3.47. The van der Waals surface area contributed by atoms with Gasteiger partial charge in [0.25, 0.3) is 0 Å². The number of rotatable bonds is 3. The Morgan fingerprint density at radius 1 is 1.29 bits per heavy atom. The number of aromatic hydroxyl groups is 1. The van der Waals surface area contributed by atoms with Crippen LogP contribution < -0.4 is 5.32 Å². The Labute approximate surface area is 160 Å². The second-order valence-corrected chi connectivity index (χ2v) is 7.54. The first-order valence-electron chi connectivity index (χ1n) is 9.56. The first kappa shape index (κ1) is 18.8. The number of imidazole rings is 1. The molecular formula is C20H22F3N3O2. The summed E-state index contributed by atoms with van der Waals surface area (Å²) in [5, 5.41) is 13.1. The number of hydrogen-bond donors (Lipinski definition) is 2. The molecule has 2 aromatic rings. The Kier molecular flexibility index (Phi) is 4.81. The number of aryl methyl sites for hydroxylation is 1. The molecule has 1 aromatic heterocycles. The zero-order chi connectivity index (χ0) is 19.9. The summed E-state index contributed by atoms with van der Waals surface area (Å²) >= 11 is 0. The van der Waals surface area contributed by atoms with Gasteiger partial charge in [-0.3, -0.25) is 4.79 Å². The minimum Gasteiger partial charge on any atom is -0.508 e. The molecule has 5 nitrogen and oxygen atoms in total.